The summed E-state index contributed by atoms with van der Waals surface area (Å²) in [6, 6.07) is 10.2. The third kappa shape index (κ3) is 3.30. The van der Waals surface area contributed by atoms with Crippen molar-refractivity contribution in [2.24, 2.45) is 0 Å². The first-order valence-corrected chi connectivity index (χ1v) is 8.08. The maximum absolute atomic E-state index is 11.7. The molecule has 0 fully saturated rings. The van der Waals surface area contributed by atoms with Crippen molar-refractivity contribution >= 4 is 17.6 Å². The van der Waals surface area contributed by atoms with E-state index in [0.717, 1.165) is 0 Å². The normalized spacial score (nSPS) is 18.5. The van der Waals surface area contributed by atoms with E-state index in [1.165, 1.54) is 7.11 Å². The fourth-order valence-electron chi connectivity index (χ4n) is 2.65. The molecule has 0 aromatic heterocycles. The highest BCUT2D eigenvalue weighted by atomic mass is 35.5. The van der Waals surface area contributed by atoms with Gasteiger partial charge < -0.3 is 24.1 Å². The molecule has 3 rings (SSSR count). The average Bonchev–Trinajstić information content (AvgIpc) is 2.62. The molecule has 2 aromatic rings. The van der Waals surface area contributed by atoms with Crippen LogP contribution in [0.2, 0.25) is 5.02 Å². The van der Waals surface area contributed by atoms with Crippen molar-refractivity contribution in [2.75, 3.05) is 13.7 Å². The topological polar surface area (TPSA) is 74.2 Å². The van der Waals surface area contributed by atoms with E-state index < -0.39 is 18.2 Å². The van der Waals surface area contributed by atoms with E-state index in [2.05, 4.69) is 0 Å². The predicted molar refractivity (Wildman–Crippen MR) is 91.0 cm³/mol. The molecule has 1 heterocycles. The van der Waals surface area contributed by atoms with Gasteiger partial charge in [-0.15, -0.1) is 0 Å². The Kier molecular flexibility index (Phi) is 4.90. The molecule has 0 amide bonds. The Balaban J connectivity index is 2.04. The summed E-state index contributed by atoms with van der Waals surface area (Å²) < 4.78 is 22.3. The summed E-state index contributed by atoms with van der Waals surface area (Å²) in [4.78, 5) is 11.7. The van der Waals surface area contributed by atoms with Crippen molar-refractivity contribution in [2.45, 2.75) is 19.1 Å². The lowest BCUT2D eigenvalue weighted by Gasteiger charge is -2.32. The van der Waals surface area contributed by atoms with Crippen LogP contribution in [0.25, 0.3) is 0 Å². The highest BCUT2D eigenvalue weighted by molar-refractivity contribution is 6.32. The highest BCUT2D eigenvalue weighted by Crippen LogP contribution is 2.43. The standard InChI is InChI=1S/C18H17ClO6/c1-3-23-16-11(19)8-10(9-14(16)22-2)15-17(18(20)21)25-13-7-5-4-6-12(13)24-15/h4-9,15,17H,3H2,1-2H3,(H,20,21). The number of aliphatic carboxylic acids is 1. The van der Waals surface area contributed by atoms with Gasteiger partial charge in [-0.3, -0.25) is 0 Å². The molecule has 2 atom stereocenters. The third-order valence-electron chi connectivity index (χ3n) is 3.74. The van der Waals surface area contributed by atoms with Crippen LogP contribution < -0.4 is 18.9 Å². The van der Waals surface area contributed by atoms with Crippen molar-refractivity contribution in [1.29, 1.82) is 0 Å². The lowest BCUT2D eigenvalue weighted by Crippen LogP contribution is -2.39. The van der Waals surface area contributed by atoms with Gasteiger partial charge >= 0.3 is 5.97 Å². The van der Waals surface area contributed by atoms with Gasteiger partial charge in [0.05, 0.1) is 18.7 Å². The zero-order valence-corrected chi connectivity index (χ0v) is 14.4. The monoisotopic (exact) mass is 364 g/mol. The van der Waals surface area contributed by atoms with E-state index in [0.29, 0.717) is 40.2 Å². The van der Waals surface area contributed by atoms with Crippen LogP contribution in [0.3, 0.4) is 0 Å². The summed E-state index contributed by atoms with van der Waals surface area (Å²) in [6.45, 7) is 2.25. The number of methoxy groups -OCH3 is 1. The summed E-state index contributed by atoms with van der Waals surface area (Å²) in [5.41, 5.74) is 0.521. The lowest BCUT2D eigenvalue weighted by atomic mass is 10.0. The van der Waals surface area contributed by atoms with Crippen molar-refractivity contribution in [1.82, 2.24) is 0 Å². The molecule has 1 aliphatic rings. The van der Waals surface area contributed by atoms with E-state index in [1.54, 1.807) is 36.4 Å². The second kappa shape index (κ2) is 7.11. The molecule has 0 bridgehead atoms. The molecule has 1 aliphatic heterocycles. The number of rotatable bonds is 5. The molecule has 2 aromatic carbocycles. The summed E-state index contributed by atoms with van der Waals surface area (Å²) >= 11 is 6.29. The quantitative estimate of drug-likeness (QED) is 0.871. The maximum atomic E-state index is 11.7. The first-order chi connectivity index (χ1) is 12.0. The molecule has 132 valence electrons. The molecule has 0 saturated carbocycles. The Morgan fingerprint density at radius 2 is 1.92 bits per heavy atom. The fraction of sp³-hybridized carbons (Fsp3) is 0.278. The lowest BCUT2D eigenvalue weighted by molar-refractivity contribution is -0.151. The summed E-state index contributed by atoms with van der Waals surface area (Å²) in [7, 11) is 1.49. The predicted octanol–water partition coefficient (Wildman–Crippen LogP) is 3.71. The fourth-order valence-corrected chi connectivity index (χ4v) is 2.93. The van der Waals surface area contributed by atoms with Crippen LogP contribution >= 0.6 is 11.6 Å². The first-order valence-electron chi connectivity index (χ1n) is 7.70. The molecule has 0 saturated heterocycles. The average molecular weight is 365 g/mol. The number of carbonyl (C=O) groups is 1. The van der Waals surface area contributed by atoms with E-state index >= 15 is 0 Å². The maximum Gasteiger partial charge on any atom is 0.349 e. The summed E-state index contributed by atoms with van der Waals surface area (Å²) in [5.74, 6) is 0.517. The van der Waals surface area contributed by atoms with E-state index in [-0.39, 0.29) is 0 Å². The van der Waals surface area contributed by atoms with E-state index in [9.17, 15) is 9.90 Å². The van der Waals surface area contributed by atoms with E-state index in [4.69, 9.17) is 30.5 Å². The number of hydrogen-bond donors (Lipinski definition) is 1. The second-order valence-corrected chi connectivity index (χ2v) is 5.74. The van der Waals surface area contributed by atoms with Crippen LogP contribution in [-0.4, -0.2) is 30.9 Å². The van der Waals surface area contributed by atoms with Crippen molar-refractivity contribution in [3.63, 3.8) is 0 Å². The van der Waals surface area contributed by atoms with Gasteiger partial charge in [-0.05, 0) is 31.2 Å². The van der Waals surface area contributed by atoms with Gasteiger partial charge in [0.25, 0.3) is 0 Å². The number of benzene rings is 2. The van der Waals surface area contributed by atoms with Crippen LogP contribution in [0.1, 0.15) is 18.6 Å². The number of hydrogen-bond acceptors (Lipinski definition) is 5. The number of carboxylic acids is 1. The minimum absolute atomic E-state index is 0.308. The molecule has 6 nitrogen and oxygen atoms in total. The van der Waals surface area contributed by atoms with Gasteiger partial charge in [-0.25, -0.2) is 4.79 Å². The Labute approximate surface area is 149 Å². The number of fused-ring (bicyclic) bond motifs is 1. The number of para-hydroxylation sites is 2. The van der Waals surface area contributed by atoms with Crippen LogP contribution in [0.4, 0.5) is 0 Å². The molecular formula is C18H17ClO6. The third-order valence-corrected chi connectivity index (χ3v) is 4.03. The molecule has 25 heavy (non-hydrogen) atoms. The van der Waals surface area contributed by atoms with Crippen molar-refractivity contribution in [3.05, 3.63) is 47.0 Å². The molecule has 2 unspecified atom stereocenters. The minimum Gasteiger partial charge on any atom is -0.493 e. The Hall–Kier alpha value is -2.60. The van der Waals surface area contributed by atoms with Gasteiger partial charge in [0.2, 0.25) is 6.10 Å². The first kappa shape index (κ1) is 17.2. The summed E-state index contributed by atoms with van der Waals surface area (Å²) in [6.07, 6.45) is -2.09. The number of carboxylic acid groups (broad SMARTS) is 1. The zero-order valence-electron chi connectivity index (χ0n) is 13.7. The van der Waals surface area contributed by atoms with Crippen LogP contribution in [0.5, 0.6) is 23.0 Å². The smallest absolute Gasteiger partial charge is 0.349 e. The van der Waals surface area contributed by atoms with Gasteiger partial charge in [0.15, 0.2) is 29.1 Å². The van der Waals surface area contributed by atoms with Gasteiger partial charge in [-0.2, -0.15) is 0 Å². The number of ether oxygens (including phenoxy) is 4. The summed E-state index contributed by atoms with van der Waals surface area (Å²) in [5, 5.41) is 9.84. The Morgan fingerprint density at radius 1 is 1.24 bits per heavy atom. The zero-order chi connectivity index (χ0) is 18.0. The SMILES string of the molecule is CCOc1c(Cl)cc(C2Oc3ccccc3OC2C(=O)O)cc1OC. The van der Waals surface area contributed by atoms with Crippen LogP contribution in [0.15, 0.2) is 36.4 Å². The van der Waals surface area contributed by atoms with Crippen LogP contribution in [-0.2, 0) is 4.79 Å². The molecule has 0 aliphatic carbocycles. The Morgan fingerprint density at radius 3 is 2.52 bits per heavy atom. The second-order valence-electron chi connectivity index (χ2n) is 5.33. The van der Waals surface area contributed by atoms with Crippen LogP contribution in [0, 0.1) is 0 Å². The van der Waals surface area contributed by atoms with E-state index in [1.807, 2.05) is 6.92 Å². The van der Waals surface area contributed by atoms with Gasteiger partial charge in [0, 0.05) is 5.56 Å². The van der Waals surface area contributed by atoms with Crippen molar-refractivity contribution in [3.8, 4) is 23.0 Å². The molecule has 7 heteroatoms. The molecule has 1 N–H and O–H groups in total. The molecule has 0 radical (unpaired) electrons. The highest BCUT2D eigenvalue weighted by Gasteiger charge is 2.39. The molecular weight excluding hydrogens is 348 g/mol. The Bertz CT molecular complexity index is 791. The molecule has 0 spiro atoms. The van der Waals surface area contributed by atoms with Crippen molar-refractivity contribution < 1.29 is 28.8 Å². The largest absolute Gasteiger partial charge is 0.493 e. The number of halogens is 1. The van der Waals surface area contributed by atoms with Gasteiger partial charge in [-0.1, -0.05) is 23.7 Å². The minimum atomic E-state index is -1.21. The van der Waals surface area contributed by atoms with Gasteiger partial charge in [0.1, 0.15) is 0 Å².